The van der Waals surface area contributed by atoms with Crippen LogP contribution < -0.4 is 14.9 Å². The Labute approximate surface area is 210 Å². The Morgan fingerprint density at radius 3 is 2.24 bits per heavy atom. The summed E-state index contributed by atoms with van der Waals surface area (Å²) < 4.78 is 29.0. The van der Waals surface area contributed by atoms with Gasteiger partial charge >= 0.3 is 5.69 Å². The maximum Gasteiger partial charge on any atom is 0.301 e. The number of aryl methyl sites for hydroxylation is 1. The van der Waals surface area contributed by atoms with Gasteiger partial charge in [-0.25, -0.2) is 0 Å². The number of nitro groups is 2. The first-order valence-electron chi connectivity index (χ1n) is 11.8. The highest BCUT2D eigenvalue weighted by Crippen LogP contribution is 2.39. The molecule has 13 nitrogen and oxygen atoms in total. The van der Waals surface area contributed by atoms with Crippen LogP contribution in [-0.2, 0) is 15.9 Å². The van der Waals surface area contributed by atoms with Crippen molar-refractivity contribution in [2.24, 2.45) is 5.10 Å². The van der Waals surface area contributed by atoms with Gasteiger partial charge in [-0.2, -0.15) is 5.10 Å². The Morgan fingerprint density at radius 1 is 0.838 bits per heavy atom. The maximum atomic E-state index is 11.5. The van der Waals surface area contributed by atoms with E-state index in [-0.39, 0.29) is 11.4 Å². The Balaban J connectivity index is 1.49. The minimum atomic E-state index is -0.686. The zero-order valence-corrected chi connectivity index (χ0v) is 19.8. The van der Waals surface area contributed by atoms with Gasteiger partial charge in [0.15, 0.2) is 11.5 Å². The van der Waals surface area contributed by atoms with Crippen LogP contribution in [-0.4, -0.2) is 55.2 Å². The molecule has 3 aromatic rings. The van der Waals surface area contributed by atoms with Gasteiger partial charge in [-0.15, -0.1) is 0 Å². The average Bonchev–Trinajstić information content (AvgIpc) is 3.25. The number of hydrogen-bond acceptors (Lipinski definition) is 11. The SMILES string of the molecule is O=[N+]([O-])c1ccc(N/N=C2\CCCc3oc4cc5c(cc4c32)OCCOCCOCCO5)c([N+](=O)[O-])c1. The fourth-order valence-electron chi connectivity index (χ4n) is 4.28. The van der Waals surface area contributed by atoms with Gasteiger partial charge in [0, 0.05) is 29.5 Å². The number of nitro benzene ring substituents is 2. The molecule has 0 fully saturated rings. The third-order valence-electron chi connectivity index (χ3n) is 5.98. The Kier molecular flexibility index (Phi) is 7.14. The van der Waals surface area contributed by atoms with Crippen LogP contribution in [0.5, 0.6) is 11.5 Å². The van der Waals surface area contributed by atoms with E-state index in [4.69, 9.17) is 23.4 Å². The summed E-state index contributed by atoms with van der Waals surface area (Å²) in [6.07, 6.45) is 2.08. The fourth-order valence-corrected chi connectivity index (χ4v) is 4.28. The molecule has 1 aliphatic carbocycles. The summed E-state index contributed by atoms with van der Waals surface area (Å²) in [6, 6.07) is 6.99. The second kappa shape index (κ2) is 10.8. The van der Waals surface area contributed by atoms with Crippen LogP contribution >= 0.6 is 0 Å². The van der Waals surface area contributed by atoms with Crippen LogP contribution in [0.25, 0.3) is 11.0 Å². The van der Waals surface area contributed by atoms with Crippen LogP contribution in [0, 0.1) is 20.2 Å². The molecule has 0 saturated heterocycles. The number of anilines is 1. The lowest BCUT2D eigenvalue weighted by atomic mass is 9.94. The average molecular weight is 512 g/mol. The molecule has 1 aromatic heterocycles. The molecule has 0 radical (unpaired) electrons. The molecule has 2 aromatic carbocycles. The zero-order valence-electron chi connectivity index (χ0n) is 19.8. The van der Waals surface area contributed by atoms with Gasteiger partial charge in [-0.1, -0.05) is 0 Å². The van der Waals surface area contributed by atoms with E-state index in [0.29, 0.717) is 75.3 Å². The minimum absolute atomic E-state index is 0.0476. The van der Waals surface area contributed by atoms with Crippen molar-refractivity contribution in [2.45, 2.75) is 19.3 Å². The molecular weight excluding hydrogens is 488 g/mol. The lowest BCUT2D eigenvalue weighted by Gasteiger charge is -2.16. The fraction of sp³-hybridized carbons (Fsp3) is 0.375. The van der Waals surface area contributed by atoms with Gasteiger partial charge in [0.1, 0.15) is 30.2 Å². The number of nitrogens with one attached hydrogen (secondary N) is 1. The van der Waals surface area contributed by atoms with Crippen molar-refractivity contribution in [2.75, 3.05) is 45.1 Å². The molecule has 1 N–H and O–H groups in total. The molecule has 0 atom stereocenters. The van der Waals surface area contributed by atoms with Gasteiger partial charge in [0.25, 0.3) is 5.69 Å². The number of non-ortho nitro benzene ring substituents is 1. The molecular formula is C24H24N4O9. The summed E-state index contributed by atoms with van der Waals surface area (Å²) in [5.74, 6) is 1.80. The van der Waals surface area contributed by atoms with Gasteiger partial charge < -0.3 is 23.4 Å². The first-order valence-corrected chi connectivity index (χ1v) is 11.8. The molecule has 13 heteroatoms. The summed E-state index contributed by atoms with van der Waals surface area (Å²) in [4.78, 5) is 21.1. The van der Waals surface area contributed by atoms with E-state index in [9.17, 15) is 20.2 Å². The number of furan rings is 1. The van der Waals surface area contributed by atoms with E-state index in [1.165, 1.54) is 12.1 Å². The minimum Gasteiger partial charge on any atom is -0.487 e. The number of fused-ring (bicyclic) bond motifs is 4. The highest BCUT2D eigenvalue weighted by molar-refractivity contribution is 6.12. The lowest BCUT2D eigenvalue weighted by Crippen LogP contribution is -2.16. The molecule has 0 spiro atoms. The van der Waals surface area contributed by atoms with E-state index in [1.54, 1.807) is 6.07 Å². The highest BCUT2D eigenvalue weighted by Gasteiger charge is 2.26. The van der Waals surface area contributed by atoms with Crippen LogP contribution in [0.4, 0.5) is 17.1 Å². The standard InChI is InChI=1S/C24H24N4O9/c29-27(30)15-4-5-17(19(12-15)28(31)32)25-26-18-2-1-3-20-24(18)16-13-22-23(14-21(16)37-20)36-11-9-34-7-6-33-8-10-35-22/h4-5,12-14,25H,1-3,6-11H2/b26-18+. The first kappa shape index (κ1) is 24.5. The number of ether oxygens (including phenoxy) is 4. The Bertz CT molecular complexity index is 1370. The predicted molar refractivity (Wildman–Crippen MR) is 132 cm³/mol. The van der Waals surface area contributed by atoms with Gasteiger partial charge in [0.2, 0.25) is 0 Å². The largest absolute Gasteiger partial charge is 0.487 e. The molecule has 5 rings (SSSR count). The summed E-state index contributed by atoms with van der Waals surface area (Å²) >= 11 is 0. The summed E-state index contributed by atoms with van der Waals surface area (Å²) in [5, 5.41) is 27.8. The van der Waals surface area contributed by atoms with Crippen molar-refractivity contribution in [3.63, 3.8) is 0 Å². The van der Waals surface area contributed by atoms with Crippen LogP contribution in [0.15, 0.2) is 39.9 Å². The third-order valence-corrected chi connectivity index (χ3v) is 5.98. The molecule has 37 heavy (non-hydrogen) atoms. The van der Waals surface area contributed by atoms with Crippen molar-refractivity contribution in [3.8, 4) is 11.5 Å². The number of rotatable bonds is 4. The van der Waals surface area contributed by atoms with Gasteiger partial charge in [-0.05, 0) is 25.0 Å². The van der Waals surface area contributed by atoms with Crippen molar-refractivity contribution >= 4 is 33.7 Å². The highest BCUT2D eigenvalue weighted by atomic mass is 16.6. The topological polar surface area (TPSA) is 161 Å². The normalized spacial score (nSPS) is 17.5. The molecule has 2 heterocycles. The lowest BCUT2D eigenvalue weighted by molar-refractivity contribution is -0.393. The van der Waals surface area contributed by atoms with Crippen LogP contribution in [0.3, 0.4) is 0 Å². The molecule has 0 bridgehead atoms. The first-order chi connectivity index (χ1) is 18.0. The van der Waals surface area contributed by atoms with E-state index in [0.717, 1.165) is 29.2 Å². The van der Waals surface area contributed by atoms with E-state index >= 15 is 0 Å². The van der Waals surface area contributed by atoms with Crippen LogP contribution in [0.2, 0.25) is 0 Å². The summed E-state index contributed by atoms with van der Waals surface area (Å²) in [5.41, 5.74) is 4.00. The zero-order chi connectivity index (χ0) is 25.8. The molecule has 0 unspecified atom stereocenters. The van der Waals surface area contributed by atoms with E-state index < -0.39 is 15.5 Å². The molecule has 0 amide bonds. The van der Waals surface area contributed by atoms with Crippen LogP contribution in [0.1, 0.15) is 24.2 Å². The van der Waals surface area contributed by atoms with Crippen molar-refractivity contribution in [3.05, 3.63) is 61.9 Å². The third kappa shape index (κ3) is 5.32. The van der Waals surface area contributed by atoms with Crippen molar-refractivity contribution in [1.82, 2.24) is 0 Å². The van der Waals surface area contributed by atoms with Crippen molar-refractivity contribution < 1.29 is 33.2 Å². The predicted octanol–water partition coefficient (Wildman–Crippen LogP) is 4.21. The number of nitrogens with zero attached hydrogens (tertiary/aromatic N) is 3. The van der Waals surface area contributed by atoms with Gasteiger partial charge in [0.05, 0.1) is 48.1 Å². The van der Waals surface area contributed by atoms with Gasteiger partial charge in [-0.3, -0.25) is 25.7 Å². The molecule has 1 aliphatic heterocycles. The van der Waals surface area contributed by atoms with E-state index in [1.807, 2.05) is 6.07 Å². The van der Waals surface area contributed by atoms with E-state index in [2.05, 4.69) is 10.5 Å². The summed E-state index contributed by atoms with van der Waals surface area (Å²) in [6.45, 7) is 2.44. The number of benzene rings is 2. The molecule has 2 aliphatic rings. The number of hydrogen-bond donors (Lipinski definition) is 1. The molecule has 0 saturated carbocycles. The number of hydrazone groups is 1. The monoisotopic (exact) mass is 512 g/mol. The maximum absolute atomic E-state index is 11.5. The Hall–Kier alpha value is -4.23. The molecule has 194 valence electrons. The second-order valence-corrected chi connectivity index (χ2v) is 8.36. The quantitative estimate of drug-likeness (QED) is 0.396. The summed E-state index contributed by atoms with van der Waals surface area (Å²) in [7, 11) is 0. The Morgan fingerprint density at radius 2 is 1.54 bits per heavy atom. The second-order valence-electron chi connectivity index (χ2n) is 8.36. The smallest absolute Gasteiger partial charge is 0.301 e. The van der Waals surface area contributed by atoms with Crippen molar-refractivity contribution in [1.29, 1.82) is 0 Å².